The van der Waals surface area contributed by atoms with Gasteiger partial charge in [-0.25, -0.2) is 0 Å². The van der Waals surface area contributed by atoms with Gasteiger partial charge >= 0.3 is 0 Å². The molecule has 0 bridgehead atoms. The molecule has 12 heavy (non-hydrogen) atoms. The largest absolute Gasteiger partial charge is 0.359 e. The summed E-state index contributed by atoms with van der Waals surface area (Å²) in [7, 11) is 1.57. The van der Waals surface area contributed by atoms with Crippen LogP contribution in [0.2, 0.25) is 0 Å². The van der Waals surface area contributed by atoms with Crippen molar-refractivity contribution in [1.29, 1.82) is 0 Å². The maximum Gasteiger partial charge on any atom is 0.233 e. The van der Waals surface area contributed by atoms with Gasteiger partial charge in [0.2, 0.25) is 11.8 Å². The van der Waals surface area contributed by atoms with Crippen molar-refractivity contribution in [1.82, 2.24) is 10.6 Å². The highest BCUT2D eigenvalue weighted by atomic mass is 79.9. The fourth-order valence-corrected chi connectivity index (χ4v) is 0.727. The molecule has 1 atom stereocenters. The molecule has 0 heterocycles. The molecule has 0 aromatic heterocycles. The average molecular weight is 237 g/mol. The van der Waals surface area contributed by atoms with E-state index in [-0.39, 0.29) is 16.6 Å². The predicted molar refractivity (Wildman–Crippen MR) is 50.1 cm³/mol. The van der Waals surface area contributed by atoms with Crippen LogP contribution < -0.4 is 10.6 Å². The maximum absolute atomic E-state index is 10.9. The van der Waals surface area contributed by atoms with Gasteiger partial charge in [-0.05, 0) is 6.92 Å². The summed E-state index contributed by atoms with van der Waals surface area (Å²) in [6.45, 7) is 2.11. The smallest absolute Gasteiger partial charge is 0.233 e. The van der Waals surface area contributed by atoms with E-state index in [1.165, 1.54) is 0 Å². The Kier molecular flexibility index (Phi) is 5.70. The molecule has 0 rings (SSSR count). The summed E-state index contributed by atoms with van der Waals surface area (Å²) in [6, 6.07) is 0. The quantitative estimate of drug-likeness (QED) is 0.677. The van der Waals surface area contributed by atoms with Gasteiger partial charge in [-0.2, -0.15) is 0 Å². The van der Waals surface area contributed by atoms with Crippen molar-refractivity contribution >= 4 is 27.7 Å². The van der Waals surface area contributed by atoms with Gasteiger partial charge in [0.15, 0.2) is 0 Å². The number of nitrogens with one attached hydrogen (secondary N) is 2. The Labute approximate surface area is 80.2 Å². The fourth-order valence-electron chi connectivity index (χ4n) is 0.565. The minimum atomic E-state index is -0.206. The Morgan fingerprint density at radius 3 is 2.50 bits per heavy atom. The van der Waals surface area contributed by atoms with Crippen LogP contribution in [-0.2, 0) is 9.59 Å². The van der Waals surface area contributed by atoms with Crippen molar-refractivity contribution in [2.24, 2.45) is 0 Å². The molecular weight excluding hydrogens is 224 g/mol. The summed E-state index contributed by atoms with van der Waals surface area (Å²) in [5.41, 5.74) is 0. The zero-order valence-corrected chi connectivity index (χ0v) is 8.77. The molecule has 70 valence electrons. The van der Waals surface area contributed by atoms with Crippen LogP contribution in [0.1, 0.15) is 13.3 Å². The molecule has 0 radical (unpaired) electrons. The van der Waals surface area contributed by atoms with Gasteiger partial charge in [0.1, 0.15) is 0 Å². The average Bonchev–Trinajstić information content (AvgIpc) is 2.03. The first-order valence-electron chi connectivity index (χ1n) is 3.70. The van der Waals surface area contributed by atoms with Gasteiger partial charge in [-0.1, -0.05) is 15.9 Å². The molecule has 0 saturated carbocycles. The van der Waals surface area contributed by atoms with Crippen LogP contribution in [0.4, 0.5) is 0 Å². The number of hydrogen-bond acceptors (Lipinski definition) is 2. The van der Waals surface area contributed by atoms with E-state index in [1.54, 1.807) is 14.0 Å². The molecule has 0 fully saturated rings. The molecule has 0 aromatic rings. The lowest BCUT2D eigenvalue weighted by Crippen LogP contribution is -2.32. The number of alkyl halides is 1. The molecule has 0 aliphatic carbocycles. The van der Waals surface area contributed by atoms with Crippen molar-refractivity contribution in [3.8, 4) is 0 Å². The van der Waals surface area contributed by atoms with E-state index in [0.717, 1.165) is 0 Å². The molecule has 1 unspecified atom stereocenters. The van der Waals surface area contributed by atoms with Crippen LogP contribution in [0.3, 0.4) is 0 Å². The zero-order valence-electron chi connectivity index (χ0n) is 7.19. The minimum absolute atomic E-state index is 0.0717. The molecule has 0 aromatic carbocycles. The molecule has 0 saturated heterocycles. The Bertz CT molecular complexity index is 171. The maximum atomic E-state index is 10.9. The summed E-state index contributed by atoms with van der Waals surface area (Å²) in [6.07, 6.45) is 0.321. The van der Waals surface area contributed by atoms with Crippen LogP contribution in [0, 0.1) is 0 Å². The lowest BCUT2D eigenvalue weighted by molar-refractivity contribution is -0.121. The standard InChI is InChI=1S/C7H13BrN2O2/c1-5(8)7(12)10-4-3-6(11)9-2/h5H,3-4H2,1-2H3,(H,9,11)(H,10,12). The fraction of sp³-hybridized carbons (Fsp3) is 0.714. The topological polar surface area (TPSA) is 58.2 Å². The van der Waals surface area contributed by atoms with Gasteiger partial charge in [0.05, 0.1) is 4.83 Å². The normalized spacial score (nSPS) is 11.9. The lowest BCUT2D eigenvalue weighted by atomic mass is 10.4. The Hall–Kier alpha value is -0.580. The number of carbonyl (C=O) groups is 2. The second kappa shape index (κ2) is 5.99. The van der Waals surface area contributed by atoms with Crippen molar-refractivity contribution in [2.45, 2.75) is 18.2 Å². The van der Waals surface area contributed by atoms with E-state index >= 15 is 0 Å². The number of carbonyl (C=O) groups excluding carboxylic acids is 2. The first kappa shape index (κ1) is 11.4. The highest BCUT2D eigenvalue weighted by Crippen LogP contribution is 1.95. The number of rotatable bonds is 4. The third-order valence-electron chi connectivity index (χ3n) is 1.29. The third-order valence-corrected chi connectivity index (χ3v) is 1.71. The van der Waals surface area contributed by atoms with E-state index in [2.05, 4.69) is 26.6 Å². The molecule has 0 aliphatic heterocycles. The summed E-state index contributed by atoms with van der Waals surface area (Å²) in [4.78, 5) is 21.4. The highest BCUT2D eigenvalue weighted by molar-refractivity contribution is 9.10. The summed E-state index contributed by atoms with van der Waals surface area (Å²) < 4.78 is 0. The summed E-state index contributed by atoms with van der Waals surface area (Å²) in [5, 5.41) is 5.07. The van der Waals surface area contributed by atoms with E-state index in [1.807, 2.05) is 0 Å². The minimum Gasteiger partial charge on any atom is -0.359 e. The SMILES string of the molecule is CNC(=O)CCNC(=O)C(C)Br. The van der Waals surface area contributed by atoms with Gasteiger partial charge in [0.25, 0.3) is 0 Å². The molecule has 2 amide bonds. The van der Waals surface area contributed by atoms with E-state index < -0.39 is 0 Å². The second-order valence-corrected chi connectivity index (χ2v) is 3.70. The molecule has 5 heteroatoms. The van der Waals surface area contributed by atoms with Gasteiger partial charge in [0, 0.05) is 20.0 Å². The second-order valence-electron chi connectivity index (χ2n) is 2.33. The van der Waals surface area contributed by atoms with Crippen LogP contribution in [0.25, 0.3) is 0 Å². The monoisotopic (exact) mass is 236 g/mol. The van der Waals surface area contributed by atoms with Crippen molar-refractivity contribution in [2.75, 3.05) is 13.6 Å². The predicted octanol–water partition coefficient (Wildman–Crippen LogP) is 0.0221. The van der Waals surface area contributed by atoms with Gasteiger partial charge in [-0.15, -0.1) is 0 Å². The van der Waals surface area contributed by atoms with Crippen LogP contribution >= 0.6 is 15.9 Å². The highest BCUT2D eigenvalue weighted by Gasteiger charge is 2.07. The van der Waals surface area contributed by atoms with E-state index in [4.69, 9.17) is 0 Å². The molecule has 2 N–H and O–H groups in total. The molecule has 0 aliphatic rings. The zero-order chi connectivity index (χ0) is 9.56. The third kappa shape index (κ3) is 5.12. The number of halogens is 1. The summed E-state index contributed by atoms with van der Waals surface area (Å²) in [5.74, 6) is -0.170. The number of hydrogen-bond donors (Lipinski definition) is 2. The first-order valence-corrected chi connectivity index (χ1v) is 4.62. The van der Waals surface area contributed by atoms with Crippen LogP contribution in [0.15, 0.2) is 0 Å². The molecule has 0 spiro atoms. The first-order chi connectivity index (χ1) is 5.57. The van der Waals surface area contributed by atoms with Crippen molar-refractivity contribution in [3.05, 3.63) is 0 Å². The Morgan fingerprint density at radius 1 is 1.50 bits per heavy atom. The van der Waals surface area contributed by atoms with Gasteiger partial charge < -0.3 is 10.6 Å². The van der Waals surface area contributed by atoms with Gasteiger partial charge in [-0.3, -0.25) is 9.59 Å². The Balaban J connectivity index is 3.44. The van der Waals surface area contributed by atoms with Crippen LogP contribution in [0.5, 0.6) is 0 Å². The van der Waals surface area contributed by atoms with E-state index in [9.17, 15) is 9.59 Å². The van der Waals surface area contributed by atoms with Crippen LogP contribution in [-0.4, -0.2) is 30.2 Å². The summed E-state index contributed by atoms with van der Waals surface area (Å²) >= 11 is 3.11. The molecule has 4 nitrogen and oxygen atoms in total. The van der Waals surface area contributed by atoms with Crippen molar-refractivity contribution in [3.63, 3.8) is 0 Å². The Morgan fingerprint density at radius 2 is 2.08 bits per heavy atom. The van der Waals surface area contributed by atoms with Crippen molar-refractivity contribution < 1.29 is 9.59 Å². The lowest BCUT2D eigenvalue weighted by Gasteiger charge is -2.05. The number of amides is 2. The van der Waals surface area contributed by atoms with E-state index in [0.29, 0.717) is 13.0 Å². The molecular formula is C7H13BrN2O2.